The van der Waals surface area contributed by atoms with Crippen LogP contribution in [-0.4, -0.2) is 62.7 Å². The molecule has 0 aliphatic rings. The van der Waals surface area contributed by atoms with Gasteiger partial charge in [0.25, 0.3) is 0 Å². The van der Waals surface area contributed by atoms with E-state index in [4.69, 9.17) is 4.74 Å². The van der Waals surface area contributed by atoms with E-state index < -0.39 is 43.3 Å². The molecule has 2 aromatic heterocycles. The Balaban J connectivity index is 1.80. The Bertz CT molecular complexity index is 1550. The van der Waals surface area contributed by atoms with E-state index in [1.54, 1.807) is 0 Å². The monoisotopic (exact) mass is 634 g/mol. The highest BCUT2D eigenvalue weighted by molar-refractivity contribution is 8.00. The van der Waals surface area contributed by atoms with Crippen molar-refractivity contribution in [2.75, 3.05) is 29.6 Å². The van der Waals surface area contributed by atoms with Crippen molar-refractivity contribution in [3.8, 4) is 27.8 Å². The van der Waals surface area contributed by atoms with E-state index in [9.17, 15) is 26.9 Å². The highest BCUT2D eigenvalue weighted by Crippen LogP contribution is 2.35. The number of thiophene rings is 1. The second-order valence-electron chi connectivity index (χ2n) is 9.47. The number of carbonyl (C=O) groups is 1. The number of benzene rings is 1. The quantitative estimate of drug-likeness (QED) is 0.142. The largest absolute Gasteiger partial charge is 0.464 e. The molecule has 0 saturated heterocycles. The molecule has 3 aromatic rings. The predicted octanol–water partition coefficient (Wildman–Crippen LogP) is 5.78. The van der Waals surface area contributed by atoms with Gasteiger partial charge in [-0.25, -0.2) is 21.8 Å². The van der Waals surface area contributed by atoms with Gasteiger partial charge in [-0.05, 0) is 35.9 Å². The van der Waals surface area contributed by atoms with Crippen LogP contribution in [0, 0.1) is 11.3 Å². The van der Waals surface area contributed by atoms with Gasteiger partial charge in [-0.1, -0.05) is 74.8 Å². The lowest BCUT2D eigenvalue weighted by atomic mass is 10.0. The summed E-state index contributed by atoms with van der Waals surface area (Å²) in [5.41, 5.74) is 2.49. The van der Waals surface area contributed by atoms with Crippen LogP contribution in [0.15, 0.2) is 58.9 Å². The molecule has 1 atom stereocenters. The number of aromatic nitrogens is 1. The van der Waals surface area contributed by atoms with E-state index in [1.165, 1.54) is 11.3 Å². The van der Waals surface area contributed by atoms with Crippen molar-refractivity contribution in [1.82, 2.24) is 4.98 Å². The second kappa shape index (κ2) is 15.5. The number of rotatable bonds is 16. The van der Waals surface area contributed by atoms with Crippen LogP contribution in [0.1, 0.15) is 45.1 Å². The SMILES string of the molecule is CCCCS(=O)(=O)CC(COC(=O)CSc1nc(-c2cccs2)cc(-c2ccccc2)c1C#N)S(=O)(=O)CCCC. The standard InChI is InChI=1S/C29H34N2O6S4/c1-3-5-15-40(33,34)21-23(41(35,36)16-6-4-2)19-37-28(32)20-39-29-25(18-30)24(22-11-8-7-9-12-22)17-26(31-29)27-13-10-14-38-27/h7-14,17,23H,3-6,15-16,19-21H2,1-2H3. The number of ether oxygens (including phenoxy) is 1. The van der Waals surface area contributed by atoms with Crippen molar-refractivity contribution < 1.29 is 26.4 Å². The molecule has 0 aliphatic carbocycles. The summed E-state index contributed by atoms with van der Waals surface area (Å²) in [4.78, 5) is 18.3. The predicted molar refractivity (Wildman–Crippen MR) is 165 cm³/mol. The normalized spacial score (nSPS) is 12.5. The third-order valence-electron chi connectivity index (χ3n) is 6.25. The number of nitrogens with zero attached hydrogens (tertiary/aromatic N) is 2. The summed E-state index contributed by atoms with van der Waals surface area (Å²) in [7, 11) is -7.44. The molecule has 41 heavy (non-hydrogen) atoms. The fourth-order valence-corrected chi connectivity index (χ4v) is 9.78. The lowest BCUT2D eigenvalue weighted by molar-refractivity contribution is -0.140. The molecule has 0 saturated carbocycles. The van der Waals surface area contributed by atoms with Crippen LogP contribution in [0.25, 0.3) is 21.7 Å². The van der Waals surface area contributed by atoms with E-state index >= 15 is 0 Å². The molecular weight excluding hydrogens is 601 g/mol. The molecule has 0 fully saturated rings. The van der Waals surface area contributed by atoms with E-state index in [-0.39, 0.29) is 17.3 Å². The van der Waals surface area contributed by atoms with Gasteiger partial charge in [0.05, 0.1) is 39.1 Å². The fraction of sp³-hybridized carbons (Fsp3) is 0.414. The lowest BCUT2D eigenvalue weighted by Gasteiger charge is -2.18. The molecule has 0 bridgehead atoms. The topological polar surface area (TPSA) is 131 Å². The molecule has 0 amide bonds. The van der Waals surface area contributed by atoms with Crippen molar-refractivity contribution in [1.29, 1.82) is 5.26 Å². The average molecular weight is 635 g/mol. The smallest absolute Gasteiger partial charge is 0.316 e. The van der Waals surface area contributed by atoms with Crippen molar-refractivity contribution in [3.05, 3.63) is 59.5 Å². The third kappa shape index (κ3) is 9.67. The molecule has 0 spiro atoms. The molecule has 2 heterocycles. The van der Waals surface area contributed by atoms with Gasteiger partial charge in [0.1, 0.15) is 23.0 Å². The molecular formula is C29H34N2O6S4. The number of unbranched alkanes of at least 4 members (excludes halogenated alkanes) is 2. The van der Waals surface area contributed by atoms with Crippen molar-refractivity contribution >= 4 is 48.7 Å². The number of hydrogen-bond donors (Lipinski definition) is 0. The molecule has 0 N–H and O–H groups in total. The fourth-order valence-electron chi connectivity index (χ4n) is 3.98. The number of pyridine rings is 1. The Kier molecular flexibility index (Phi) is 12.4. The molecule has 3 rings (SSSR count). The van der Waals surface area contributed by atoms with Gasteiger partial charge in [0.2, 0.25) is 0 Å². The van der Waals surface area contributed by atoms with Gasteiger partial charge in [-0.2, -0.15) is 5.26 Å². The van der Waals surface area contributed by atoms with Crippen molar-refractivity contribution in [2.24, 2.45) is 0 Å². The van der Waals surface area contributed by atoms with Crippen molar-refractivity contribution in [3.63, 3.8) is 0 Å². The molecule has 220 valence electrons. The summed E-state index contributed by atoms with van der Waals surface area (Å²) in [6.45, 7) is 3.16. The first kappa shape index (κ1) is 32.8. The van der Waals surface area contributed by atoms with Crippen LogP contribution >= 0.6 is 23.1 Å². The van der Waals surface area contributed by atoms with E-state index in [2.05, 4.69) is 11.1 Å². The minimum Gasteiger partial charge on any atom is -0.464 e. The zero-order valence-corrected chi connectivity index (χ0v) is 26.4. The first-order valence-electron chi connectivity index (χ1n) is 13.3. The Labute approximate surface area is 251 Å². The maximum atomic E-state index is 12.9. The maximum absolute atomic E-state index is 12.9. The van der Waals surface area contributed by atoms with Gasteiger partial charge in [-0.3, -0.25) is 4.79 Å². The minimum absolute atomic E-state index is 0.111. The lowest BCUT2D eigenvalue weighted by Crippen LogP contribution is -2.37. The number of hydrogen-bond acceptors (Lipinski definition) is 10. The maximum Gasteiger partial charge on any atom is 0.316 e. The van der Waals surface area contributed by atoms with Crippen LogP contribution in [0.2, 0.25) is 0 Å². The van der Waals surface area contributed by atoms with Crippen molar-refractivity contribution in [2.45, 2.75) is 49.8 Å². The van der Waals surface area contributed by atoms with Crippen LogP contribution in [0.5, 0.6) is 0 Å². The first-order chi connectivity index (χ1) is 19.6. The summed E-state index contributed by atoms with van der Waals surface area (Å²) in [5, 5.41) is 11.0. The van der Waals surface area contributed by atoms with Crippen LogP contribution in [-0.2, 0) is 29.2 Å². The van der Waals surface area contributed by atoms with E-state index in [0.717, 1.165) is 22.2 Å². The second-order valence-corrected chi connectivity index (χ2v) is 16.0. The van der Waals surface area contributed by atoms with Crippen LogP contribution in [0.3, 0.4) is 0 Å². The molecule has 8 nitrogen and oxygen atoms in total. The Morgan fingerprint density at radius 3 is 2.39 bits per heavy atom. The highest BCUT2D eigenvalue weighted by Gasteiger charge is 2.31. The summed E-state index contributed by atoms with van der Waals surface area (Å²) in [6, 6.07) is 17.3. The number of esters is 1. The summed E-state index contributed by atoms with van der Waals surface area (Å²) < 4.78 is 56.3. The Morgan fingerprint density at radius 2 is 1.76 bits per heavy atom. The zero-order chi connectivity index (χ0) is 29.9. The molecule has 0 radical (unpaired) electrons. The average Bonchev–Trinajstić information content (AvgIpc) is 3.51. The van der Waals surface area contributed by atoms with Gasteiger partial charge < -0.3 is 4.74 Å². The van der Waals surface area contributed by atoms with Gasteiger partial charge >= 0.3 is 5.97 Å². The van der Waals surface area contributed by atoms with Gasteiger partial charge in [0, 0.05) is 5.56 Å². The number of nitriles is 1. The third-order valence-corrected chi connectivity index (χ3v) is 12.3. The number of carbonyl (C=O) groups excluding carboxylic acids is 1. The highest BCUT2D eigenvalue weighted by atomic mass is 32.2. The Hall–Kier alpha value is -2.72. The Morgan fingerprint density at radius 1 is 1.05 bits per heavy atom. The van der Waals surface area contributed by atoms with Gasteiger partial charge in [-0.15, -0.1) is 11.3 Å². The molecule has 1 aromatic carbocycles. The summed E-state index contributed by atoms with van der Waals surface area (Å²) in [5.74, 6) is -1.81. The van der Waals surface area contributed by atoms with Crippen LogP contribution < -0.4 is 0 Å². The zero-order valence-electron chi connectivity index (χ0n) is 23.1. The minimum atomic E-state index is -3.80. The number of thioether (sulfide) groups is 1. The van der Waals surface area contributed by atoms with E-state index in [1.807, 2.05) is 67.8 Å². The summed E-state index contributed by atoms with van der Waals surface area (Å²) >= 11 is 2.53. The van der Waals surface area contributed by atoms with E-state index in [0.29, 0.717) is 47.5 Å². The number of sulfone groups is 2. The first-order valence-corrected chi connectivity index (χ1v) is 18.7. The molecule has 12 heteroatoms. The summed E-state index contributed by atoms with van der Waals surface area (Å²) in [6.07, 6.45) is 2.13. The van der Waals surface area contributed by atoms with Gasteiger partial charge in [0.15, 0.2) is 19.7 Å². The molecule has 0 aliphatic heterocycles. The van der Waals surface area contributed by atoms with Crippen LogP contribution in [0.4, 0.5) is 0 Å². The molecule has 1 unspecified atom stereocenters.